The van der Waals surface area contributed by atoms with Gasteiger partial charge in [-0.25, -0.2) is 9.97 Å². The fraction of sp³-hybridized carbons (Fsp3) is 0.179. The quantitative estimate of drug-likeness (QED) is 0.277. The Bertz CT molecular complexity index is 1450. The lowest BCUT2D eigenvalue weighted by Gasteiger charge is -2.07. The SMILES string of the molecule is COC(=O)CCc1nc(-c2ccc(OCc3nc4ccccc4n3C)cc2)c(-c2ccccc2)o1. The zero-order chi connectivity index (χ0) is 24.2. The van der Waals surface area contributed by atoms with Crippen LogP contribution >= 0.6 is 0 Å². The number of imidazole rings is 1. The minimum atomic E-state index is -0.298. The molecule has 0 aliphatic rings. The van der Waals surface area contributed by atoms with E-state index in [9.17, 15) is 4.79 Å². The summed E-state index contributed by atoms with van der Waals surface area (Å²) < 4.78 is 18.9. The largest absolute Gasteiger partial charge is 0.486 e. The number of methoxy groups -OCH3 is 1. The molecule has 176 valence electrons. The summed E-state index contributed by atoms with van der Waals surface area (Å²) in [7, 11) is 3.36. The van der Waals surface area contributed by atoms with Gasteiger partial charge < -0.3 is 18.5 Å². The molecule has 0 aliphatic carbocycles. The second-order valence-corrected chi connectivity index (χ2v) is 8.12. The molecule has 0 fully saturated rings. The smallest absolute Gasteiger partial charge is 0.306 e. The second-order valence-electron chi connectivity index (χ2n) is 8.12. The van der Waals surface area contributed by atoms with E-state index in [0.29, 0.717) is 24.7 Å². The summed E-state index contributed by atoms with van der Waals surface area (Å²) >= 11 is 0. The highest BCUT2D eigenvalue weighted by Gasteiger charge is 2.18. The third kappa shape index (κ3) is 4.80. The number of esters is 1. The maximum atomic E-state index is 11.6. The molecule has 2 aromatic heterocycles. The molecule has 0 unspecified atom stereocenters. The number of rotatable bonds is 8. The second kappa shape index (κ2) is 9.85. The molecular weight excluding hydrogens is 442 g/mol. The van der Waals surface area contributed by atoms with Crippen LogP contribution in [0, 0.1) is 0 Å². The summed E-state index contributed by atoms with van der Waals surface area (Å²) in [5, 5.41) is 0. The number of nitrogens with zero attached hydrogens (tertiary/aromatic N) is 3. The van der Waals surface area contributed by atoms with Crippen molar-refractivity contribution < 1.29 is 18.7 Å². The molecule has 0 atom stereocenters. The van der Waals surface area contributed by atoms with E-state index in [4.69, 9.17) is 18.9 Å². The van der Waals surface area contributed by atoms with Crippen molar-refractivity contribution in [2.75, 3.05) is 7.11 Å². The monoisotopic (exact) mass is 467 g/mol. The molecule has 7 heteroatoms. The number of benzene rings is 3. The van der Waals surface area contributed by atoms with Gasteiger partial charge in [0.15, 0.2) is 11.7 Å². The lowest BCUT2D eigenvalue weighted by molar-refractivity contribution is -0.140. The molecule has 0 aliphatic heterocycles. The fourth-order valence-electron chi connectivity index (χ4n) is 3.94. The lowest BCUT2D eigenvalue weighted by atomic mass is 10.1. The lowest BCUT2D eigenvalue weighted by Crippen LogP contribution is -2.03. The van der Waals surface area contributed by atoms with E-state index in [1.807, 2.05) is 90.5 Å². The summed E-state index contributed by atoms with van der Waals surface area (Å²) in [6, 6.07) is 25.6. The zero-order valence-corrected chi connectivity index (χ0v) is 19.6. The van der Waals surface area contributed by atoms with Crippen molar-refractivity contribution >= 4 is 17.0 Å². The number of aromatic nitrogens is 3. The number of para-hydroxylation sites is 2. The molecule has 0 radical (unpaired) electrons. The Kier molecular flexibility index (Phi) is 6.30. The van der Waals surface area contributed by atoms with E-state index < -0.39 is 0 Å². The van der Waals surface area contributed by atoms with Gasteiger partial charge in [0.05, 0.1) is 24.6 Å². The first-order valence-corrected chi connectivity index (χ1v) is 11.4. The molecule has 35 heavy (non-hydrogen) atoms. The Balaban J connectivity index is 1.37. The van der Waals surface area contributed by atoms with Gasteiger partial charge >= 0.3 is 5.97 Å². The first-order chi connectivity index (χ1) is 17.1. The fourth-order valence-corrected chi connectivity index (χ4v) is 3.94. The van der Waals surface area contributed by atoms with Crippen LogP contribution in [0.3, 0.4) is 0 Å². The van der Waals surface area contributed by atoms with Crippen molar-refractivity contribution in [1.82, 2.24) is 14.5 Å². The Hall–Kier alpha value is -4.39. The summed E-state index contributed by atoms with van der Waals surface area (Å²) in [5.41, 5.74) is 4.56. The van der Waals surface area contributed by atoms with Crippen LogP contribution in [-0.2, 0) is 29.6 Å². The number of hydrogen-bond donors (Lipinski definition) is 0. The molecule has 0 spiro atoms. The van der Waals surface area contributed by atoms with Crippen LogP contribution in [-0.4, -0.2) is 27.6 Å². The molecule has 0 saturated heterocycles. The maximum Gasteiger partial charge on any atom is 0.306 e. The standard InChI is InChI=1S/C28H25N3O4/c1-31-23-11-7-6-10-22(23)29-24(31)18-34-21-14-12-19(13-15-21)27-28(20-8-4-3-5-9-20)35-25(30-27)16-17-26(32)33-2/h3-15H,16-18H2,1-2H3. The zero-order valence-electron chi connectivity index (χ0n) is 19.6. The Labute approximate surface area is 203 Å². The van der Waals surface area contributed by atoms with Gasteiger partial charge in [0.2, 0.25) is 0 Å². The van der Waals surface area contributed by atoms with Gasteiger partial charge in [-0.1, -0.05) is 42.5 Å². The Morgan fingerprint density at radius 2 is 1.66 bits per heavy atom. The molecule has 0 bridgehead atoms. The maximum absolute atomic E-state index is 11.6. The van der Waals surface area contributed by atoms with Gasteiger partial charge in [0.25, 0.3) is 0 Å². The van der Waals surface area contributed by atoms with Crippen molar-refractivity contribution in [1.29, 1.82) is 0 Å². The van der Waals surface area contributed by atoms with Crippen LogP contribution in [0.25, 0.3) is 33.6 Å². The summed E-state index contributed by atoms with van der Waals surface area (Å²) in [4.78, 5) is 20.9. The van der Waals surface area contributed by atoms with Crippen molar-refractivity contribution in [2.45, 2.75) is 19.4 Å². The summed E-state index contributed by atoms with van der Waals surface area (Å²) in [6.07, 6.45) is 0.575. The predicted molar refractivity (Wildman–Crippen MR) is 133 cm³/mol. The number of oxazole rings is 1. The van der Waals surface area contributed by atoms with Crippen LogP contribution in [0.2, 0.25) is 0 Å². The topological polar surface area (TPSA) is 79.4 Å². The van der Waals surface area contributed by atoms with Crippen LogP contribution < -0.4 is 4.74 Å². The highest BCUT2D eigenvalue weighted by molar-refractivity contribution is 5.77. The highest BCUT2D eigenvalue weighted by atomic mass is 16.5. The molecule has 7 nitrogen and oxygen atoms in total. The summed E-state index contributed by atoms with van der Waals surface area (Å²) in [5.74, 6) is 2.45. The van der Waals surface area contributed by atoms with Gasteiger partial charge in [0.1, 0.15) is 23.9 Å². The van der Waals surface area contributed by atoms with Gasteiger partial charge in [-0.3, -0.25) is 4.79 Å². The van der Waals surface area contributed by atoms with E-state index in [0.717, 1.165) is 39.4 Å². The first kappa shape index (κ1) is 22.4. The van der Waals surface area contributed by atoms with Gasteiger partial charge in [-0.05, 0) is 36.4 Å². The molecule has 3 aromatic carbocycles. The molecule has 0 saturated carbocycles. The minimum absolute atomic E-state index is 0.208. The molecule has 0 N–H and O–H groups in total. The van der Waals surface area contributed by atoms with E-state index in [2.05, 4.69) is 4.98 Å². The number of aryl methyl sites for hydroxylation is 2. The van der Waals surface area contributed by atoms with E-state index >= 15 is 0 Å². The average Bonchev–Trinajstić information content (AvgIpc) is 3.48. The van der Waals surface area contributed by atoms with Crippen LogP contribution in [0.5, 0.6) is 5.75 Å². The normalized spacial score (nSPS) is 11.0. The molecule has 5 aromatic rings. The van der Waals surface area contributed by atoms with Crippen LogP contribution in [0.15, 0.2) is 83.3 Å². The van der Waals surface area contributed by atoms with E-state index in [-0.39, 0.29) is 12.4 Å². The number of fused-ring (bicyclic) bond motifs is 1. The van der Waals surface area contributed by atoms with Crippen molar-refractivity contribution in [3.05, 3.63) is 90.6 Å². The number of hydrogen-bond acceptors (Lipinski definition) is 6. The summed E-state index contributed by atoms with van der Waals surface area (Å²) in [6.45, 7) is 0.363. The third-order valence-corrected chi connectivity index (χ3v) is 5.85. The Morgan fingerprint density at radius 1 is 0.914 bits per heavy atom. The van der Waals surface area contributed by atoms with E-state index in [1.54, 1.807) is 0 Å². The molecular formula is C28H25N3O4. The van der Waals surface area contributed by atoms with Crippen molar-refractivity contribution in [3.8, 4) is 28.3 Å². The molecule has 0 amide bonds. The Morgan fingerprint density at radius 3 is 2.40 bits per heavy atom. The van der Waals surface area contributed by atoms with Gasteiger partial charge in [-0.15, -0.1) is 0 Å². The van der Waals surface area contributed by atoms with Crippen LogP contribution in [0.4, 0.5) is 0 Å². The highest BCUT2D eigenvalue weighted by Crippen LogP contribution is 2.34. The van der Waals surface area contributed by atoms with Gasteiger partial charge in [0, 0.05) is 24.6 Å². The van der Waals surface area contributed by atoms with Gasteiger partial charge in [-0.2, -0.15) is 0 Å². The minimum Gasteiger partial charge on any atom is -0.486 e. The van der Waals surface area contributed by atoms with E-state index in [1.165, 1.54) is 7.11 Å². The van der Waals surface area contributed by atoms with Crippen LogP contribution in [0.1, 0.15) is 18.1 Å². The number of carbonyl (C=O) groups excluding carboxylic acids is 1. The van der Waals surface area contributed by atoms with Crippen molar-refractivity contribution in [3.63, 3.8) is 0 Å². The molecule has 2 heterocycles. The third-order valence-electron chi connectivity index (χ3n) is 5.85. The predicted octanol–water partition coefficient (Wildman–Crippen LogP) is 5.58. The van der Waals surface area contributed by atoms with Crippen molar-refractivity contribution in [2.24, 2.45) is 7.05 Å². The first-order valence-electron chi connectivity index (χ1n) is 11.4. The average molecular weight is 468 g/mol. The number of carbonyl (C=O) groups is 1. The molecule has 5 rings (SSSR count). The number of ether oxygens (including phenoxy) is 2.